The molecule has 0 spiro atoms. The normalized spacial score (nSPS) is 15.9. The van der Waals surface area contributed by atoms with Crippen molar-refractivity contribution in [2.45, 2.75) is 0 Å². The maximum atomic E-state index is 3.44. The van der Waals surface area contributed by atoms with Crippen LogP contribution < -0.4 is 10.2 Å². The van der Waals surface area contributed by atoms with Crippen LogP contribution in [0, 0.1) is 0 Å². The zero-order valence-electron chi connectivity index (χ0n) is 11.5. The molecule has 1 fully saturated rings. The van der Waals surface area contributed by atoms with E-state index < -0.39 is 0 Å². The van der Waals surface area contributed by atoms with Crippen molar-refractivity contribution in [3.63, 3.8) is 0 Å². The summed E-state index contributed by atoms with van der Waals surface area (Å²) in [6.07, 6.45) is 0. The molecule has 4 rings (SSSR count). The van der Waals surface area contributed by atoms with Gasteiger partial charge in [-0.2, -0.15) is 0 Å². The molecule has 1 aliphatic rings. The van der Waals surface area contributed by atoms with Gasteiger partial charge in [0.1, 0.15) is 0 Å². The zero-order valence-corrected chi connectivity index (χ0v) is 11.5. The minimum atomic E-state index is 1.07. The molecule has 1 heterocycles. The average molecular weight is 262 g/mol. The van der Waals surface area contributed by atoms with Gasteiger partial charge in [-0.25, -0.2) is 0 Å². The molecule has 0 saturated carbocycles. The van der Waals surface area contributed by atoms with Crippen molar-refractivity contribution in [1.29, 1.82) is 0 Å². The molecule has 1 saturated heterocycles. The Kier molecular flexibility index (Phi) is 2.82. The van der Waals surface area contributed by atoms with Gasteiger partial charge >= 0.3 is 0 Å². The van der Waals surface area contributed by atoms with Crippen LogP contribution in [0.4, 0.5) is 5.69 Å². The Morgan fingerprint density at radius 1 is 0.750 bits per heavy atom. The van der Waals surface area contributed by atoms with Crippen LogP contribution in [-0.2, 0) is 0 Å². The van der Waals surface area contributed by atoms with E-state index in [4.69, 9.17) is 0 Å². The molecule has 1 N–H and O–H groups in total. The first-order valence-corrected chi connectivity index (χ1v) is 7.30. The van der Waals surface area contributed by atoms with Gasteiger partial charge in [-0.3, -0.25) is 0 Å². The van der Waals surface area contributed by atoms with Gasteiger partial charge in [-0.05, 0) is 16.8 Å². The molecule has 1 aliphatic heterocycles. The minimum Gasteiger partial charge on any atom is -0.368 e. The summed E-state index contributed by atoms with van der Waals surface area (Å²) in [6, 6.07) is 19.8. The highest BCUT2D eigenvalue weighted by Gasteiger charge is 2.16. The van der Waals surface area contributed by atoms with Gasteiger partial charge in [0.2, 0.25) is 0 Å². The highest BCUT2D eigenvalue weighted by molar-refractivity contribution is 6.11. The summed E-state index contributed by atoms with van der Waals surface area (Å²) in [5, 5.41) is 8.84. The van der Waals surface area contributed by atoms with E-state index in [0.29, 0.717) is 0 Å². The van der Waals surface area contributed by atoms with Crippen molar-refractivity contribution in [1.82, 2.24) is 5.32 Å². The molecule has 0 amide bonds. The van der Waals surface area contributed by atoms with Crippen LogP contribution in [-0.4, -0.2) is 26.2 Å². The quantitative estimate of drug-likeness (QED) is 0.676. The van der Waals surface area contributed by atoms with E-state index >= 15 is 0 Å². The van der Waals surface area contributed by atoms with Crippen LogP contribution in [0.1, 0.15) is 0 Å². The van der Waals surface area contributed by atoms with Gasteiger partial charge in [0.15, 0.2) is 0 Å². The highest BCUT2D eigenvalue weighted by Crippen LogP contribution is 2.35. The number of rotatable bonds is 1. The number of hydrogen-bond donors (Lipinski definition) is 1. The molecule has 0 radical (unpaired) electrons. The molecule has 3 aromatic carbocycles. The largest absolute Gasteiger partial charge is 0.368 e. The van der Waals surface area contributed by atoms with Crippen molar-refractivity contribution in [3.05, 3.63) is 54.6 Å². The fourth-order valence-electron chi connectivity index (χ4n) is 3.22. The van der Waals surface area contributed by atoms with E-state index in [1.165, 1.54) is 27.2 Å². The third-order valence-electron chi connectivity index (χ3n) is 4.18. The second-order valence-electron chi connectivity index (χ2n) is 5.40. The summed E-state index contributed by atoms with van der Waals surface area (Å²) in [5.41, 5.74) is 1.40. The van der Waals surface area contributed by atoms with Crippen LogP contribution in [0.3, 0.4) is 0 Å². The molecule has 2 nitrogen and oxygen atoms in total. The SMILES string of the molecule is c1ccc2c(N3CCNCC3)c3ccccc3cc2c1. The smallest absolute Gasteiger partial charge is 0.0526 e. The van der Waals surface area contributed by atoms with Crippen LogP contribution in [0.25, 0.3) is 21.5 Å². The Labute approximate surface area is 119 Å². The van der Waals surface area contributed by atoms with Crippen molar-refractivity contribution < 1.29 is 0 Å². The summed E-state index contributed by atoms with van der Waals surface area (Å²) in [6.45, 7) is 4.30. The average Bonchev–Trinajstić information content (AvgIpc) is 2.53. The van der Waals surface area contributed by atoms with Gasteiger partial charge in [0.05, 0.1) is 5.69 Å². The lowest BCUT2D eigenvalue weighted by molar-refractivity contribution is 0.591. The van der Waals surface area contributed by atoms with Gasteiger partial charge in [0, 0.05) is 37.0 Å². The Morgan fingerprint density at radius 2 is 1.30 bits per heavy atom. The summed E-state index contributed by atoms with van der Waals surface area (Å²) in [7, 11) is 0. The Balaban J connectivity index is 2.06. The first-order chi connectivity index (χ1) is 9.93. The molecule has 0 bridgehead atoms. The Morgan fingerprint density at radius 3 is 1.90 bits per heavy atom. The molecule has 0 aliphatic carbocycles. The van der Waals surface area contributed by atoms with Gasteiger partial charge in [-0.1, -0.05) is 48.5 Å². The third kappa shape index (κ3) is 1.84. The van der Waals surface area contributed by atoms with E-state index in [2.05, 4.69) is 64.8 Å². The van der Waals surface area contributed by atoms with Crippen LogP contribution in [0.15, 0.2) is 54.6 Å². The van der Waals surface area contributed by atoms with Crippen LogP contribution >= 0.6 is 0 Å². The maximum absolute atomic E-state index is 3.44. The fraction of sp³-hybridized carbons (Fsp3) is 0.222. The lowest BCUT2D eigenvalue weighted by atomic mass is 10.00. The van der Waals surface area contributed by atoms with E-state index in [0.717, 1.165) is 26.2 Å². The number of fused-ring (bicyclic) bond motifs is 2. The zero-order chi connectivity index (χ0) is 13.4. The van der Waals surface area contributed by atoms with Crippen molar-refractivity contribution in [2.24, 2.45) is 0 Å². The van der Waals surface area contributed by atoms with Crippen LogP contribution in [0.2, 0.25) is 0 Å². The van der Waals surface area contributed by atoms with E-state index in [-0.39, 0.29) is 0 Å². The number of hydrogen-bond acceptors (Lipinski definition) is 2. The Hall–Kier alpha value is -2.06. The first-order valence-electron chi connectivity index (χ1n) is 7.30. The number of benzene rings is 3. The molecule has 0 unspecified atom stereocenters. The molecular formula is C18H18N2. The molecule has 20 heavy (non-hydrogen) atoms. The van der Waals surface area contributed by atoms with Crippen molar-refractivity contribution >= 4 is 27.2 Å². The predicted octanol–water partition coefficient (Wildman–Crippen LogP) is 3.40. The molecular weight excluding hydrogens is 244 g/mol. The van der Waals surface area contributed by atoms with Gasteiger partial charge in [-0.15, -0.1) is 0 Å². The van der Waals surface area contributed by atoms with E-state index in [1.54, 1.807) is 0 Å². The lowest BCUT2D eigenvalue weighted by Crippen LogP contribution is -2.43. The standard InChI is InChI=1S/C18H18N2/c1-3-7-16-14(5-1)13-15-6-2-4-8-17(15)18(16)20-11-9-19-10-12-20/h1-8,13,19H,9-12H2. The topological polar surface area (TPSA) is 15.3 Å². The van der Waals surface area contributed by atoms with Crippen molar-refractivity contribution in [2.75, 3.05) is 31.1 Å². The van der Waals surface area contributed by atoms with Crippen molar-refractivity contribution in [3.8, 4) is 0 Å². The predicted molar refractivity (Wildman–Crippen MR) is 86.5 cm³/mol. The lowest BCUT2D eigenvalue weighted by Gasteiger charge is -2.31. The number of nitrogens with one attached hydrogen (secondary N) is 1. The summed E-state index contributed by atoms with van der Waals surface area (Å²) >= 11 is 0. The first kappa shape index (κ1) is 11.7. The summed E-state index contributed by atoms with van der Waals surface area (Å²) < 4.78 is 0. The number of anilines is 1. The number of piperazine rings is 1. The minimum absolute atomic E-state index is 1.07. The molecule has 0 aromatic heterocycles. The molecule has 2 heteroatoms. The number of nitrogens with zero attached hydrogens (tertiary/aromatic N) is 1. The maximum Gasteiger partial charge on any atom is 0.0526 e. The molecule has 100 valence electrons. The molecule has 0 atom stereocenters. The summed E-state index contributed by atoms with van der Waals surface area (Å²) in [4.78, 5) is 2.53. The second-order valence-corrected chi connectivity index (χ2v) is 5.40. The third-order valence-corrected chi connectivity index (χ3v) is 4.18. The van der Waals surface area contributed by atoms with Crippen LogP contribution in [0.5, 0.6) is 0 Å². The Bertz CT molecular complexity index is 704. The highest BCUT2D eigenvalue weighted by atomic mass is 15.2. The van der Waals surface area contributed by atoms with E-state index in [1.807, 2.05) is 0 Å². The van der Waals surface area contributed by atoms with Gasteiger partial charge in [0.25, 0.3) is 0 Å². The monoisotopic (exact) mass is 262 g/mol. The second kappa shape index (κ2) is 4.80. The summed E-state index contributed by atoms with van der Waals surface area (Å²) in [5.74, 6) is 0. The van der Waals surface area contributed by atoms with E-state index in [9.17, 15) is 0 Å². The van der Waals surface area contributed by atoms with Gasteiger partial charge < -0.3 is 10.2 Å². The molecule has 3 aromatic rings. The fourth-order valence-corrected chi connectivity index (χ4v) is 3.22.